The molecule has 18 heavy (non-hydrogen) atoms. The summed E-state index contributed by atoms with van der Waals surface area (Å²) < 4.78 is 9.57. The Bertz CT molecular complexity index is 502. The number of nitrogens with two attached hydrogens (primary N) is 1. The van der Waals surface area contributed by atoms with Gasteiger partial charge in [0, 0.05) is 0 Å². The zero-order chi connectivity index (χ0) is 13.7. The quantitative estimate of drug-likeness (QED) is 0.848. The van der Waals surface area contributed by atoms with Gasteiger partial charge in [0.15, 0.2) is 0 Å². The van der Waals surface area contributed by atoms with Crippen LogP contribution in [0.1, 0.15) is 32.2 Å². The van der Waals surface area contributed by atoms with Gasteiger partial charge in [0.05, 0.1) is 11.1 Å². The number of furan rings is 2. The molecule has 0 aliphatic rings. The normalized spacial score (nSPS) is 9.44. The van der Waals surface area contributed by atoms with Gasteiger partial charge in [0.25, 0.3) is 5.91 Å². The molecule has 96 valence electrons. The first-order valence-corrected chi connectivity index (χ1v) is 5.03. The van der Waals surface area contributed by atoms with Crippen molar-refractivity contribution in [2.75, 3.05) is 0 Å². The van der Waals surface area contributed by atoms with Crippen molar-refractivity contribution >= 4 is 11.9 Å². The minimum Gasteiger partial charge on any atom is -0.478 e. The van der Waals surface area contributed by atoms with Gasteiger partial charge in [-0.1, -0.05) is 0 Å². The van der Waals surface area contributed by atoms with Crippen LogP contribution >= 0.6 is 0 Å². The predicted molar refractivity (Wildman–Crippen MR) is 62.4 cm³/mol. The van der Waals surface area contributed by atoms with Gasteiger partial charge in [-0.2, -0.15) is 0 Å². The Morgan fingerprint density at radius 3 is 1.67 bits per heavy atom. The van der Waals surface area contributed by atoms with E-state index in [1.54, 1.807) is 19.9 Å². The van der Waals surface area contributed by atoms with E-state index in [0.717, 1.165) is 0 Å². The van der Waals surface area contributed by atoms with Crippen LogP contribution in [0, 0.1) is 13.8 Å². The molecule has 0 aliphatic heterocycles. The molecule has 0 bridgehead atoms. The number of amides is 1. The summed E-state index contributed by atoms with van der Waals surface area (Å²) in [5.41, 5.74) is 5.55. The van der Waals surface area contributed by atoms with Crippen molar-refractivity contribution in [3.05, 3.63) is 47.3 Å². The number of primary amides is 1. The van der Waals surface area contributed by atoms with Gasteiger partial charge >= 0.3 is 5.97 Å². The first kappa shape index (κ1) is 13.6. The van der Waals surface area contributed by atoms with E-state index >= 15 is 0 Å². The summed E-state index contributed by atoms with van der Waals surface area (Å²) in [5.74, 6) is -0.0881. The smallest absolute Gasteiger partial charge is 0.338 e. The number of hydrogen-bond donors (Lipinski definition) is 2. The van der Waals surface area contributed by atoms with E-state index in [1.165, 1.54) is 18.6 Å². The van der Waals surface area contributed by atoms with E-state index < -0.39 is 11.9 Å². The fourth-order valence-corrected chi connectivity index (χ4v) is 1.13. The Balaban J connectivity index is 0.000000180. The number of aryl methyl sites for hydroxylation is 2. The molecule has 6 nitrogen and oxygen atoms in total. The van der Waals surface area contributed by atoms with E-state index in [0.29, 0.717) is 17.1 Å². The van der Waals surface area contributed by atoms with Crippen LogP contribution in [0.25, 0.3) is 0 Å². The van der Waals surface area contributed by atoms with Crippen molar-refractivity contribution in [2.24, 2.45) is 5.73 Å². The number of carbonyl (C=O) groups excluding carboxylic acids is 1. The first-order valence-electron chi connectivity index (χ1n) is 5.03. The van der Waals surface area contributed by atoms with Crippen molar-refractivity contribution in [1.82, 2.24) is 0 Å². The highest BCUT2D eigenvalue weighted by molar-refractivity contribution is 5.92. The maximum Gasteiger partial charge on any atom is 0.338 e. The van der Waals surface area contributed by atoms with Gasteiger partial charge in [-0.25, -0.2) is 4.79 Å². The van der Waals surface area contributed by atoms with E-state index in [-0.39, 0.29) is 5.56 Å². The Morgan fingerprint density at radius 2 is 1.50 bits per heavy atom. The van der Waals surface area contributed by atoms with Crippen LogP contribution in [0.4, 0.5) is 0 Å². The fraction of sp³-hybridized carbons (Fsp3) is 0.167. The largest absolute Gasteiger partial charge is 0.478 e. The molecule has 0 unspecified atom stereocenters. The topological polar surface area (TPSA) is 107 Å². The summed E-state index contributed by atoms with van der Waals surface area (Å²) in [6.45, 7) is 3.46. The standard InChI is InChI=1S/C6H7NO2.C6H6O3/c2*1-4-2-5(3-9-4)6(7)8/h2-3H,1H3,(H2,7,8);2-3H,1H3,(H,7,8). The molecule has 2 rings (SSSR count). The lowest BCUT2D eigenvalue weighted by atomic mass is 10.3. The molecule has 0 atom stereocenters. The van der Waals surface area contributed by atoms with Crippen molar-refractivity contribution in [2.45, 2.75) is 13.8 Å². The lowest BCUT2D eigenvalue weighted by Crippen LogP contribution is -2.08. The van der Waals surface area contributed by atoms with Crippen LogP contribution in [0.5, 0.6) is 0 Å². The summed E-state index contributed by atoms with van der Waals surface area (Å²) >= 11 is 0. The van der Waals surface area contributed by atoms with E-state index in [2.05, 4.69) is 0 Å². The van der Waals surface area contributed by atoms with Crippen molar-refractivity contribution in [1.29, 1.82) is 0 Å². The number of hydrogen-bond acceptors (Lipinski definition) is 4. The summed E-state index contributed by atoms with van der Waals surface area (Å²) in [4.78, 5) is 20.5. The molecule has 1 amide bonds. The Hall–Kier alpha value is -2.50. The van der Waals surface area contributed by atoms with Crippen molar-refractivity contribution < 1.29 is 23.5 Å². The van der Waals surface area contributed by atoms with Crippen LogP contribution < -0.4 is 5.73 Å². The Kier molecular flexibility index (Phi) is 4.31. The number of rotatable bonds is 2. The summed E-state index contributed by atoms with van der Waals surface area (Å²) in [6.07, 6.45) is 2.56. The molecule has 2 aromatic rings. The van der Waals surface area contributed by atoms with Crippen LogP contribution in [-0.4, -0.2) is 17.0 Å². The third kappa shape index (κ3) is 3.82. The van der Waals surface area contributed by atoms with Gasteiger partial charge in [-0.05, 0) is 26.0 Å². The third-order valence-corrected chi connectivity index (χ3v) is 1.99. The van der Waals surface area contributed by atoms with Gasteiger partial charge < -0.3 is 19.7 Å². The molecule has 2 heterocycles. The first-order chi connectivity index (χ1) is 8.40. The summed E-state index contributed by atoms with van der Waals surface area (Å²) in [7, 11) is 0. The summed E-state index contributed by atoms with van der Waals surface area (Å²) in [5, 5.41) is 8.34. The second-order valence-corrected chi connectivity index (χ2v) is 3.56. The van der Waals surface area contributed by atoms with Crippen LogP contribution in [0.3, 0.4) is 0 Å². The molecule has 0 radical (unpaired) electrons. The minimum atomic E-state index is -0.952. The molecule has 0 spiro atoms. The zero-order valence-electron chi connectivity index (χ0n) is 9.97. The number of aromatic carboxylic acids is 1. The van der Waals surface area contributed by atoms with Crippen molar-refractivity contribution in [3.8, 4) is 0 Å². The Morgan fingerprint density at radius 1 is 1.06 bits per heavy atom. The number of carboxylic acids is 1. The average Bonchev–Trinajstić information content (AvgIpc) is 2.88. The monoisotopic (exact) mass is 251 g/mol. The van der Waals surface area contributed by atoms with Gasteiger partial charge in [-0.3, -0.25) is 4.79 Å². The molecular formula is C12H13NO5. The highest BCUT2D eigenvalue weighted by Crippen LogP contribution is 2.05. The summed E-state index contributed by atoms with van der Waals surface area (Å²) in [6, 6.07) is 3.07. The number of carbonyl (C=O) groups is 2. The molecule has 6 heteroatoms. The number of carboxylic acid groups (broad SMARTS) is 1. The van der Waals surface area contributed by atoms with E-state index in [9.17, 15) is 9.59 Å². The average molecular weight is 251 g/mol. The molecule has 3 N–H and O–H groups in total. The Labute approximate surface area is 103 Å². The maximum atomic E-state index is 10.4. The molecule has 0 saturated carbocycles. The molecule has 0 saturated heterocycles. The molecule has 0 aliphatic carbocycles. The van der Waals surface area contributed by atoms with Gasteiger partial charge in [-0.15, -0.1) is 0 Å². The third-order valence-electron chi connectivity index (χ3n) is 1.99. The highest BCUT2D eigenvalue weighted by Gasteiger charge is 2.03. The van der Waals surface area contributed by atoms with Crippen molar-refractivity contribution in [3.63, 3.8) is 0 Å². The van der Waals surface area contributed by atoms with Gasteiger partial charge in [0.1, 0.15) is 24.0 Å². The second kappa shape index (κ2) is 5.72. The highest BCUT2D eigenvalue weighted by atomic mass is 16.4. The molecule has 2 aromatic heterocycles. The van der Waals surface area contributed by atoms with E-state index in [1.807, 2.05) is 0 Å². The molecule has 0 aromatic carbocycles. The molecular weight excluding hydrogens is 238 g/mol. The second-order valence-electron chi connectivity index (χ2n) is 3.56. The fourth-order valence-electron chi connectivity index (χ4n) is 1.13. The maximum absolute atomic E-state index is 10.4. The van der Waals surface area contributed by atoms with E-state index in [4.69, 9.17) is 19.7 Å². The predicted octanol–water partition coefficient (Wildman–Crippen LogP) is 1.97. The van der Waals surface area contributed by atoms with Crippen LogP contribution in [0.15, 0.2) is 33.5 Å². The minimum absolute atomic E-state index is 0.201. The lowest BCUT2D eigenvalue weighted by Gasteiger charge is -1.79. The lowest BCUT2D eigenvalue weighted by molar-refractivity contribution is 0.0696. The van der Waals surface area contributed by atoms with Crippen LogP contribution in [0.2, 0.25) is 0 Å². The SMILES string of the molecule is Cc1cc(C(=O)O)co1.Cc1cc(C(N)=O)co1. The van der Waals surface area contributed by atoms with Gasteiger partial charge in [0.2, 0.25) is 0 Å². The molecule has 0 fully saturated rings. The van der Waals surface area contributed by atoms with Crippen LogP contribution in [-0.2, 0) is 0 Å². The zero-order valence-corrected chi connectivity index (χ0v) is 9.97.